The predicted octanol–water partition coefficient (Wildman–Crippen LogP) is 3.90. The van der Waals surface area contributed by atoms with Gasteiger partial charge in [-0.2, -0.15) is 0 Å². The summed E-state index contributed by atoms with van der Waals surface area (Å²) in [6, 6.07) is 3.94. The summed E-state index contributed by atoms with van der Waals surface area (Å²) in [5.74, 6) is -1.90. The first kappa shape index (κ1) is 16.4. The molecule has 1 aromatic carbocycles. The number of aryl methyl sites for hydroxylation is 1. The molecule has 2 aliphatic heterocycles. The summed E-state index contributed by atoms with van der Waals surface area (Å²) >= 11 is 0. The Balaban J connectivity index is 1.90. The highest BCUT2D eigenvalue weighted by atomic mass is 19.3. The number of ether oxygens (including phenoxy) is 1. The molecule has 1 N–H and O–H groups in total. The van der Waals surface area contributed by atoms with E-state index in [1.54, 1.807) is 6.92 Å². The molecule has 0 spiro atoms. The van der Waals surface area contributed by atoms with Crippen molar-refractivity contribution in [2.45, 2.75) is 51.9 Å². The standard InChI is InChI=1S/C18H23F2NO2/c1-11-8-14-10-12(2)17(21-6-4-18(19,20)5-7-21)23-16(14)15(9-11)13(3)22/h8-10,13,17,22H,4-7H2,1-3H3. The monoisotopic (exact) mass is 323 g/mol. The number of fused-ring (bicyclic) bond motifs is 1. The normalized spacial score (nSPS) is 25.3. The van der Waals surface area contributed by atoms with Gasteiger partial charge < -0.3 is 9.84 Å². The fourth-order valence-electron chi connectivity index (χ4n) is 3.35. The molecule has 0 amide bonds. The molecule has 0 saturated carbocycles. The molecule has 5 heteroatoms. The van der Waals surface area contributed by atoms with E-state index in [-0.39, 0.29) is 19.1 Å². The number of rotatable bonds is 2. The van der Waals surface area contributed by atoms with Crippen molar-refractivity contribution in [1.82, 2.24) is 4.90 Å². The molecule has 2 aliphatic rings. The van der Waals surface area contributed by atoms with Gasteiger partial charge >= 0.3 is 0 Å². The molecule has 1 fully saturated rings. The Morgan fingerprint density at radius 1 is 1.26 bits per heavy atom. The van der Waals surface area contributed by atoms with Gasteiger partial charge in [0.2, 0.25) is 0 Å². The summed E-state index contributed by atoms with van der Waals surface area (Å²) in [4.78, 5) is 1.96. The largest absolute Gasteiger partial charge is 0.470 e. The van der Waals surface area contributed by atoms with Gasteiger partial charge in [-0.3, -0.25) is 4.90 Å². The molecule has 2 heterocycles. The number of alkyl halides is 2. The summed E-state index contributed by atoms with van der Waals surface area (Å²) < 4.78 is 32.9. The SMILES string of the molecule is CC1=Cc2cc(C)cc(C(C)O)c2OC1N1CCC(F)(F)CC1. The minimum Gasteiger partial charge on any atom is -0.470 e. The van der Waals surface area contributed by atoms with Crippen LogP contribution in [-0.4, -0.2) is 35.2 Å². The molecule has 0 aliphatic carbocycles. The van der Waals surface area contributed by atoms with Crippen molar-refractivity contribution < 1.29 is 18.6 Å². The molecule has 1 aromatic rings. The Labute approximate surface area is 135 Å². The number of halogens is 2. The summed E-state index contributed by atoms with van der Waals surface area (Å²) in [5, 5.41) is 10.0. The number of aliphatic hydroxyl groups is 1. The Morgan fingerprint density at radius 2 is 1.91 bits per heavy atom. The maximum atomic E-state index is 13.4. The first-order valence-corrected chi connectivity index (χ1v) is 8.06. The van der Waals surface area contributed by atoms with Crippen molar-refractivity contribution in [2.75, 3.05) is 13.1 Å². The van der Waals surface area contributed by atoms with E-state index in [4.69, 9.17) is 4.74 Å². The third-order valence-electron chi connectivity index (χ3n) is 4.60. The van der Waals surface area contributed by atoms with Crippen molar-refractivity contribution >= 4 is 6.08 Å². The quantitative estimate of drug-likeness (QED) is 0.896. The minimum absolute atomic E-state index is 0.135. The molecule has 3 nitrogen and oxygen atoms in total. The molecular formula is C18H23F2NO2. The van der Waals surface area contributed by atoms with E-state index in [1.165, 1.54) is 0 Å². The number of aliphatic hydroxyl groups excluding tert-OH is 1. The maximum Gasteiger partial charge on any atom is 0.250 e. The molecule has 126 valence electrons. The molecule has 23 heavy (non-hydrogen) atoms. The highest BCUT2D eigenvalue weighted by molar-refractivity contribution is 5.66. The third-order valence-corrected chi connectivity index (χ3v) is 4.60. The van der Waals surface area contributed by atoms with E-state index in [0.29, 0.717) is 18.8 Å². The summed E-state index contributed by atoms with van der Waals surface area (Å²) in [5.41, 5.74) is 3.75. The maximum absolute atomic E-state index is 13.4. The number of piperidine rings is 1. The van der Waals surface area contributed by atoms with Gasteiger partial charge in [-0.05, 0) is 50.1 Å². The molecule has 2 atom stereocenters. The Hall–Kier alpha value is -1.46. The Kier molecular flexibility index (Phi) is 4.19. The van der Waals surface area contributed by atoms with Crippen LogP contribution in [0.3, 0.4) is 0 Å². The smallest absolute Gasteiger partial charge is 0.250 e. The van der Waals surface area contributed by atoms with Gasteiger partial charge in [-0.15, -0.1) is 0 Å². The zero-order valence-corrected chi connectivity index (χ0v) is 13.8. The zero-order chi connectivity index (χ0) is 16.8. The topological polar surface area (TPSA) is 32.7 Å². The van der Waals surface area contributed by atoms with Crippen LogP contribution >= 0.6 is 0 Å². The van der Waals surface area contributed by atoms with Crippen LogP contribution in [0.1, 0.15) is 49.5 Å². The molecular weight excluding hydrogens is 300 g/mol. The van der Waals surface area contributed by atoms with Crippen LogP contribution in [-0.2, 0) is 0 Å². The lowest BCUT2D eigenvalue weighted by molar-refractivity contribution is -0.0810. The molecule has 3 rings (SSSR count). The first-order chi connectivity index (χ1) is 10.8. The summed E-state index contributed by atoms with van der Waals surface area (Å²) in [6.07, 6.45) is 0.796. The summed E-state index contributed by atoms with van der Waals surface area (Å²) in [7, 11) is 0. The van der Waals surface area contributed by atoms with Crippen molar-refractivity contribution in [1.29, 1.82) is 0 Å². The van der Waals surface area contributed by atoms with Crippen LogP contribution in [0.2, 0.25) is 0 Å². The average Bonchev–Trinajstić information content (AvgIpc) is 2.46. The van der Waals surface area contributed by atoms with E-state index in [0.717, 1.165) is 22.3 Å². The van der Waals surface area contributed by atoms with Gasteiger partial charge in [-0.25, -0.2) is 8.78 Å². The Morgan fingerprint density at radius 3 is 2.52 bits per heavy atom. The fraction of sp³-hybridized carbons (Fsp3) is 0.556. The zero-order valence-electron chi connectivity index (χ0n) is 13.8. The van der Waals surface area contributed by atoms with Crippen molar-refractivity contribution in [3.8, 4) is 5.75 Å². The van der Waals surface area contributed by atoms with Crippen LogP contribution < -0.4 is 4.74 Å². The molecule has 0 aromatic heterocycles. The van der Waals surface area contributed by atoms with Crippen LogP contribution in [0.5, 0.6) is 5.75 Å². The summed E-state index contributed by atoms with van der Waals surface area (Å²) in [6.45, 7) is 6.28. The second-order valence-corrected chi connectivity index (χ2v) is 6.70. The van der Waals surface area contributed by atoms with Crippen molar-refractivity contribution in [2.24, 2.45) is 0 Å². The van der Waals surface area contributed by atoms with Crippen LogP contribution in [0.4, 0.5) is 8.78 Å². The molecule has 1 saturated heterocycles. The van der Waals surface area contributed by atoms with Crippen molar-refractivity contribution in [3.05, 3.63) is 34.4 Å². The average molecular weight is 323 g/mol. The molecule has 0 bridgehead atoms. The third kappa shape index (κ3) is 3.26. The lowest BCUT2D eigenvalue weighted by Crippen LogP contribution is -2.48. The van der Waals surface area contributed by atoms with Gasteiger partial charge in [0.15, 0.2) is 6.23 Å². The number of hydrogen-bond donors (Lipinski definition) is 1. The number of likely N-dealkylation sites (tertiary alicyclic amines) is 1. The van der Waals surface area contributed by atoms with Gasteiger partial charge in [0, 0.05) is 37.1 Å². The van der Waals surface area contributed by atoms with E-state index in [1.807, 2.05) is 37.0 Å². The molecule has 2 unspecified atom stereocenters. The predicted molar refractivity (Wildman–Crippen MR) is 85.6 cm³/mol. The minimum atomic E-state index is -2.57. The van der Waals surface area contributed by atoms with Crippen LogP contribution in [0, 0.1) is 6.92 Å². The van der Waals surface area contributed by atoms with E-state index < -0.39 is 12.0 Å². The van der Waals surface area contributed by atoms with Gasteiger partial charge in [0.1, 0.15) is 5.75 Å². The lowest BCUT2D eigenvalue weighted by Gasteiger charge is -2.40. The second kappa shape index (κ2) is 5.87. The highest BCUT2D eigenvalue weighted by Crippen LogP contribution is 2.39. The number of nitrogens with zero attached hydrogens (tertiary/aromatic N) is 1. The Bertz CT molecular complexity index is 630. The molecule has 0 radical (unpaired) electrons. The van der Waals surface area contributed by atoms with E-state index >= 15 is 0 Å². The highest BCUT2D eigenvalue weighted by Gasteiger charge is 2.38. The first-order valence-electron chi connectivity index (χ1n) is 8.06. The van der Waals surface area contributed by atoms with E-state index in [9.17, 15) is 13.9 Å². The lowest BCUT2D eigenvalue weighted by atomic mass is 9.96. The van der Waals surface area contributed by atoms with Crippen LogP contribution in [0.15, 0.2) is 17.7 Å². The number of benzene rings is 1. The number of hydrogen-bond acceptors (Lipinski definition) is 3. The van der Waals surface area contributed by atoms with Crippen LogP contribution in [0.25, 0.3) is 6.08 Å². The van der Waals surface area contributed by atoms with E-state index in [2.05, 4.69) is 0 Å². The second-order valence-electron chi connectivity index (χ2n) is 6.70. The van der Waals surface area contributed by atoms with Gasteiger partial charge in [0.05, 0.1) is 6.10 Å². The van der Waals surface area contributed by atoms with Crippen molar-refractivity contribution in [3.63, 3.8) is 0 Å². The fourth-order valence-corrected chi connectivity index (χ4v) is 3.35. The van der Waals surface area contributed by atoms with Gasteiger partial charge in [-0.1, -0.05) is 0 Å². The van der Waals surface area contributed by atoms with Gasteiger partial charge in [0.25, 0.3) is 5.92 Å².